The van der Waals surface area contributed by atoms with E-state index < -0.39 is 5.97 Å². The lowest BCUT2D eigenvalue weighted by Crippen LogP contribution is -2.13. The Hall–Kier alpha value is -1.57. The maximum Gasteiger partial charge on any atom is 0.328 e. The number of hydrogen-bond donors (Lipinski definition) is 1. The summed E-state index contributed by atoms with van der Waals surface area (Å²) in [5.41, 5.74) is 2.23. The van der Waals surface area contributed by atoms with E-state index in [1.807, 2.05) is 12.1 Å². The molecule has 98 valence electrons. The van der Waals surface area contributed by atoms with E-state index in [2.05, 4.69) is 39.8 Å². The smallest absolute Gasteiger partial charge is 0.328 e. The average Bonchev–Trinajstić information content (AvgIpc) is 2.26. The fourth-order valence-corrected chi connectivity index (χ4v) is 2.58. The van der Waals surface area contributed by atoms with Crippen molar-refractivity contribution in [1.82, 2.24) is 0 Å². The summed E-state index contributed by atoms with van der Waals surface area (Å²) >= 11 is 0. The third kappa shape index (κ3) is 4.02. The van der Waals surface area contributed by atoms with Gasteiger partial charge in [-0.3, -0.25) is 0 Å². The lowest BCUT2D eigenvalue weighted by atomic mass is 9.80. The molecule has 2 heteroatoms. The van der Waals surface area contributed by atoms with Gasteiger partial charge in [0.15, 0.2) is 0 Å². The van der Waals surface area contributed by atoms with E-state index in [1.165, 1.54) is 11.6 Å². The molecule has 0 saturated carbocycles. The van der Waals surface area contributed by atoms with Crippen molar-refractivity contribution < 1.29 is 9.90 Å². The van der Waals surface area contributed by atoms with Crippen LogP contribution < -0.4 is 0 Å². The molecule has 1 rings (SSSR count). The molecule has 0 aliphatic rings. The van der Waals surface area contributed by atoms with Gasteiger partial charge in [-0.2, -0.15) is 0 Å². The maximum atomic E-state index is 10.5. The molecule has 18 heavy (non-hydrogen) atoms. The summed E-state index contributed by atoms with van der Waals surface area (Å²) in [7, 11) is 0. The quantitative estimate of drug-likeness (QED) is 0.791. The van der Waals surface area contributed by atoms with Gasteiger partial charge in [-0.25, -0.2) is 4.79 Å². The number of benzene rings is 1. The summed E-state index contributed by atoms with van der Waals surface area (Å²) in [5.74, 6) is 0.736. The Morgan fingerprint density at radius 2 is 1.78 bits per heavy atom. The maximum absolute atomic E-state index is 10.5. The van der Waals surface area contributed by atoms with Crippen molar-refractivity contribution in [2.75, 3.05) is 0 Å². The van der Waals surface area contributed by atoms with Crippen molar-refractivity contribution in [3.05, 3.63) is 41.5 Å². The summed E-state index contributed by atoms with van der Waals surface area (Å²) in [6.45, 7) is 8.91. The van der Waals surface area contributed by atoms with Crippen LogP contribution in [0, 0.1) is 11.8 Å². The molecule has 0 radical (unpaired) electrons. The molecule has 0 atom stereocenters. The van der Waals surface area contributed by atoms with Crippen molar-refractivity contribution in [1.29, 1.82) is 0 Å². The lowest BCUT2D eigenvalue weighted by Gasteiger charge is -2.25. The Morgan fingerprint density at radius 3 is 2.28 bits per heavy atom. The monoisotopic (exact) mass is 246 g/mol. The van der Waals surface area contributed by atoms with Crippen molar-refractivity contribution >= 4 is 12.0 Å². The molecule has 1 aromatic carbocycles. The minimum absolute atomic E-state index is 0.503. The Kier molecular flexibility index (Phi) is 5.14. The summed E-state index contributed by atoms with van der Waals surface area (Å²) < 4.78 is 0. The molecule has 0 heterocycles. The first-order valence-electron chi connectivity index (χ1n) is 6.42. The van der Waals surface area contributed by atoms with Gasteiger partial charge in [-0.15, -0.1) is 0 Å². The van der Waals surface area contributed by atoms with E-state index in [1.54, 1.807) is 6.08 Å². The molecule has 0 bridgehead atoms. The molecular weight excluding hydrogens is 224 g/mol. The number of aliphatic carboxylic acids is 1. The molecule has 1 aromatic rings. The molecule has 0 saturated heterocycles. The molecule has 1 N–H and O–H groups in total. The van der Waals surface area contributed by atoms with E-state index >= 15 is 0 Å². The zero-order valence-electron chi connectivity index (χ0n) is 11.6. The first kappa shape index (κ1) is 14.5. The summed E-state index contributed by atoms with van der Waals surface area (Å²) in [6, 6.07) is 8.14. The Bertz CT molecular complexity index is 422. The van der Waals surface area contributed by atoms with Gasteiger partial charge in [-0.05, 0) is 35.0 Å². The van der Waals surface area contributed by atoms with E-state index in [0.717, 1.165) is 5.56 Å². The standard InChI is InChI=1S/C16H22O2/c1-11(2)16(12(3)4)14-7-5-6-13(10-14)8-9-15(17)18/h5-12,16H,1-4H3,(H,17,18). The highest BCUT2D eigenvalue weighted by Gasteiger charge is 2.19. The van der Waals surface area contributed by atoms with E-state index in [9.17, 15) is 4.79 Å². The van der Waals surface area contributed by atoms with Crippen molar-refractivity contribution in [3.8, 4) is 0 Å². The third-order valence-corrected chi connectivity index (χ3v) is 3.15. The zero-order chi connectivity index (χ0) is 13.7. The number of carbonyl (C=O) groups is 1. The minimum Gasteiger partial charge on any atom is -0.478 e. The summed E-state index contributed by atoms with van der Waals surface area (Å²) in [4.78, 5) is 10.5. The molecule has 0 amide bonds. The van der Waals surface area contributed by atoms with Crippen LogP contribution in [0.1, 0.15) is 44.7 Å². The Balaban J connectivity index is 3.03. The van der Waals surface area contributed by atoms with Gasteiger partial charge >= 0.3 is 5.97 Å². The Labute approximate surface area is 109 Å². The van der Waals surface area contributed by atoms with E-state index in [-0.39, 0.29) is 0 Å². The summed E-state index contributed by atoms with van der Waals surface area (Å²) in [5, 5.41) is 8.64. The zero-order valence-corrected chi connectivity index (χ0v) is 11.6. The molecule has 0 spiro atoms. The highest BCUT2D eigenvalue weighted by atomic mass is 16.4. The van der Waals surface area contributed by atoms with Gasteiger partial charge in [0.1, 0.15) is 0 Å². The number of carboxylic acids is 1. The van der Waals surface area contributed by atoms with Gasteiger partial charge < -0.3 is 5.11 Å². The number of rotatable bonds is 5. The average molecular weight is 246 g/mol. The van der Waals surface area contributed by atoms with Crippen molar-refractivity contribution in [2.24, 2.45) is 11.8 Å². The van der Waals surface area contributed by atoms with Gasteiger partial charge in [0, 0.05) is 6.08 Å². The van der Waals surface area contributed by atoms with Gasteiger partial charge in [0.25, 0.3) is 0 Å². The van der Waals surface area contributed by atoms with Crippen LogP contribution in [0.3, 0.4) is 0 Å². The van der Waals surface area contributed by atoms with Crippen LogP contribution in [0.4, 0.5) is 0 Å². The first-order chi connectivity index (χ1) is 8.41. The number of carboxylic acid groups (broad SMARTS) is 1. The van der Waals surface area contributed by atoms with Gasteiger partial charge in [0.05, 0.1) is 0 Å². The predicted molar refractivity (Wildman–Crippen MR) is 75.5 cm³/mol. The SMILES string of the molecule is CC(C)C(c1cccc(C=CC(=O)O)c1)C(C)C. The van der Waals surface area contributed by atoms with Crippen molar-refractivity contribution in [2.45, 2.75) is 33.6 Å². The highest BCUT2D eigenvalue weighted by molar-refractivity contribution is 5.85. The first-order valence-corrected chi connectivity index (χ1v) is 6.42. The third-order valence-electron chi connectivity index (χ3n) is 3.15. The van der Waals surface area contributed by atoms with Crippen LogP contribution in [0.2, 0.25) is 0 Å². The van der Waals surface area contributed by atoms with Crippen LogP contribution in [0.15, 0.2) is 30.3 Å². The highest BCUT2D eigenvalue weighted by Crippen LogP contribution is 2.32. The van der Waals surface area contributed by atoms with Crippen LogP contribution in [-0.2, 0) is 4.79 Å². The van der Waals surface area contributed by atoms with Crippen LogP contribution in [-0.4, -0.2) is 11.1 Å². The van der Waals surface area contributed by atoms with Gasteiger partial charge in [-0.1, -0.05) is 52.0 Å². The Morgan fingerprint density at radius 1 is 1.17 bits per heavy atom. The molecule has 0 aliphatic carbocycles. The van der Waals surface area contributed by atoms with Crippen LogP contribution in [0.25, 0.3) is 6.08 Å². The van der Waals surface area contributed by atoms with Crippen molar-refractivity contribution in [3.63, 3.8) is 0 Å². The topological polar surface area (TPSA) is 37.3 Å². The fraction of sp³-hybridized carbons (Fsp3) is 0.438. The second-order valence-corrected chi connectivity index (χ2v) is 5.36. The van der Waals surface area contributed by atoms with E-state index in [0.29, 0.717) is 17.8 Å². The second kappa shape index (κ2) is 6.39. The fourth-order valence-electron chi connectivity index (χ4n) is 2.58. The van der Waals surface area contributed by atoms with E-state index in [4.69, 9.17) is 5.11 Å². The molecular formula is C16H22O2. The lowest BCUT2D eigenvalue weighted by molar-refractivity contribution is -0.131. The summed E-state index contributed by atoms with van der Waals surface area (Å²) in [6.07, 6.45) is 2.82. The molecule has 2 nitrogen and oxygen atoms in total. The minimum atomic E-state index is -0.912. The molecule has 0 fully saturated rings. The second-order valence-electron chi connectivity index (χ2n) is 5.36. The number of hydrogen-bond acceptors (Lipinski definition) is 1. The predicted octanol–water partition coefficient (Wildman–Crippen LogP) is 4.18. The largest absolute Gasteiger partial charge is 0.478 e. The molecule has 0 aliphatic heterocycles. The van der Waals surface area contributed by atoms with Crippen LogP contribution in [0.5, 0.6) is 0 Å². The normalized spacial score (nSPS) is 11.9. The van der Waals surface area contributed by atoms with Gasteiger partial charge in [0.2, 0.25) is 0 Å². The van der Waals surface area contributed by atoms with Crippen LogP contribution >= 0.6 is 0 Å². The molecule has 0 unspecified atom stereocenters. The molecule has 0 aromatic heterocycles.